The number of aromatic nitrogens is 2. The molecule has 13 heavy (non-hydrogen) atoms. The van der Waals surface area contributed by atoms with Gasteiger partial charge in [-0.15, -0.1) is 0 Å². The van der Waals surface area contributed by atoms with Crippen LogP contribution in [0.25, 0.3) is 0 Å². The molecule has 0 atom stereocenters. The number of hydrogen-bond donors (Lipinski definition) is 2. The van der Waals surface area contributed by atoms with Crippen LogP contribution in [0.5, 0.6) is 0 Å². The molecular weight excluding hydrogens is 164 g/mol. The van der Waals surface area contributed by atoms with E-state index < -0.39 is 0 Å². The Balaban J connectivity index is 2.65. The van der Waals surface area contributed by atoms with Crippen molar-refractivity contribution in [1.82, 2.24) is 15.3 Å². The Morgan fingerprint density at radius 3 is 2.54 bits per heavy atom. The van der Waals surface area contributed by atoms with Gasteiger partial charge >= 0.3 is 0 Å². The number of hydrogen-bond acceptors (Lipinski definition) is 4. The summed E-state index contributed by atoms with van der Waals surface area (Å²) in [4.78, 5) is 8.06. The lowest BCUT2D eigenvalue weighted by Gasteiger charge is -1.95. The first-order chi connectivity index (χ1) is 6.36. The third-order valence-electron chi connectivity index (χ3n) is 1.37. The minimum absolute atomic E-state index is 0.610. The Labute approximate surface area is 77.8 Å². The molecule has 1 heterocycles. The van der Waals surface area contributed by atoms with Gasteiger partial charge in [-0.05, 0) is 7.05 Å². The molecule has 0 aromatic carbocycles. The van der Waals surface area contributed by atoms with Crippen LogP contribution < -0.4 is 10.6 Å². The zero-order valence-corrected chi connectivity index (χ0v) is 7.76. The van der Waals surface area contributed by atoms with E-state index in [0.717, 1.165) is 5.56 Å². The Morgan fingerprint density at radius 1 is 1.31 bits per heavy atom. The molecule has 4 heteroatoms. The zero-order valence-electron chi connectivity index (χ0n) is 7.76. The maximum atomic E-state index is 4.03. The first-order valence-corrected chi connectivity index (χ1v) is 4.00. The molecule has 4 nitrogen and oxygen atoms in total. The SMILES string of the molecule is CNCC#Cc1cnc(NC)nc1. The molecule has 0 aliphatic rings. The van der Waals surface area contributed by atoms with Crippen LogP contribution >= 0.6 is 0 Å². The molecule has 0 aliphatic carbocycles. The van der Waals surface area contributed by atoms with E-state index in [9.17, 15) is 0 Å². The largest absolute Gasteiger partial charge is 0.357 e. The van der Waals surface area contributed by atoms with Crippen molar-refractivity contribution in [3.63, 3.8) is 0 Å². The maximum absolute atomic E-state index is 4.03. The smallest absolute Gasteiger partial charge is 0.222 e. The molecule has 0 aliphatic heterocycles. The van der Waals surface area contributed by atoms with Crippen molar-refractivity contribution in [2.45, 2.75) is 0 Å². The van der Waals surface area contributed by atoms with Crippen molar-refractivity contribution >= 4 is 5.95 Å². The minimum atomic E-state index is 0.610. The highest BCUT2D eigenvalue weighted by molar-refractivity contribution is 5.33. The average molecular weight is 176 g/mol. The third kappa shape index (κ3) is 3.09. The molecule has 0 radical (unpaired) electrons. The summed E-state index contributed by atoms with van der Waals surface area (Å²) in [6.07, 6.45) is 3.39. The molecule has 0 fully saturated rings. The normalized spacial score (nSPS) is 8.77. The lowest BCUT2D eigenvalue weighted by Crippen LogP contribution is -2.04. The van der Waals surface area contributed by atoms with Crippen LogP contribution in [0.2, 0.25) is 0 Å². The first kappa shape index (κ1) is 9.49. The Morgan fingerprint density at radius 2 is 2.00 bits per heavy atom. The second-order valence-electron chi connectivity index (χ2n) is 2.38. The number of nitrogens with zero attached hydrogens (tertiary/aromatic N) is 2. The predicted octanol–water partition coefficient (Wildman–Crippen LogP) is 0.0892. The lowest BCUT2D eigenvalue weighted by atomic mass is 10.3. The molecule has 1 aromatic heterocycles. The molecule has 0 saturated carbocycles. The molecule has 68 valence electrons. The molecule has 0 saturated heterocycles. The van der Waals surface area contributed by atoms with Gasteiger partial charge in [0.25, 0.3) is 0 Å². The van der Waals surface area contributed by atoms with Crippen LogP contribution in [0.4, 0.5) is 5.95 Å². The monoisotopic (exact) mass is 176 g/mol. The molecule has 0 unspecified atom stereocenters. The summed E-state index contributed by atoms with van der Waals surface area (Å²) < 4.78 is 0. The standard InChI is InChI=1S/C9H12N4/c1-10-5-3-4-8-6-12-9(11-2)13-7-8/h6-7,10H,5H2,1-2H3,(H,11,12,13). The quantitative estimate of drug-likeness (QED) is 0.627. The van der Waals surface area contributed by atoms with E-state index in [4.69, 9.17) is 0 Å². The van der Waals surface area contributed by atoms with E-state index in [1.54, 1.807) is 19.4 Å². The van der Waals surface area contributed by atoms with Crippen molar-refractivity contribution in [1.29, 1.82) is 0 Å². The summed E-state index contributed by atoms with van der Waals surface area (Å²) >= 11 is 0. The number of rotatable bonds is 2. The van der Waals surface area contributed by atoms with Gasteiger partial charge in [0.05, 0.1) is 12.1 Å². The predicted molar refractivity (Wildman–Crippen MR) is 52.4 cm³/mol. The fourth-order valence-electron chi connectivity index (χ4n) is 0.756. The molecule has 1 rings (SSSR count). The molecule has 1 aromatic rings. The minimum Gasteiger partial charge on any atom is -0.357 e. The van der Waals surface area contributed by atoms with Crippen LogP contribution in [0, 0.1) is 11.8 Å². The highest BCUT2D eigenvalue weighted by Gasteiger charge is 1.90. The van der Waals surface area contributed by atoms with Crippen LogP contribution in [0.3, 0.4) is 0 Å². The number of nitrogens with one attached hydrogen (secondary N) is 2. The summed E-state index contributed by atoms with van der Waals surface area (Å²) in [5, 5.41) is 5.77. The van der Waals surface area contributed by atoms with Gasteiger partial charge in [0.2, 0.25) is 5.95 Å². The average Bonchev–Trinajstić information content (AvgIpc) is 2.19. The summed E-state index contributed by atoms with van der Waals surface area (Å²) in [5.74, 6) is 6.47. The van der Waals surface area contributed by atoms with Gasteiger partial charge < -0.3 is 10.6 Å². The van der Waals surface area contributed by atoms with E-state index in [1.807, 2.05) is 7.05 Å². The molecular formula is C9H12N4. The van der Waals surface area contributed by atoms with Crippen LogP contribution in [-0.4, -0.2) is 30.6 Å². The van der Waals surface area contributed by atoms with Gasteiger partial charge in [-0.3, -0.25) is 0 Å². The molecule has 2 N–H and O–H groups in total. The van der Waals surface area contributed by atoms with Gasteiger partial charge in [-0.1, -0.05) is 11.8 Å². The molecule has 0 spiro atoms. The van der Waals surface area contributed by atoms with Gasteiger partial charge in [0.15, 0.2) is 0 Å². The van der Waals surface area contributed by atoms with Crippen molar-refractivity contribution in [2.24, 2.45) is 0 Å². The van der Waals surface area contributed by atoms with Crippen LogP contribution in [0.15, 0.2) is 12.4 Å². The van der Waals surface area contributed by atoms with E-state index in [2.05, 4.69) is 32.4 Å². The van der Waals surface area contributed by atoms with Gasteiger partial charge in [0.1, 0.15) is 0 Å². The van der Waals surface area contributed by atoms with Crippen molar-refractivity contribution < 1.29 is 0 Å². The third-order valence-corrected chi connectivity index (χ3v) is 1.37. The highest BCUT2D eigenvalue weighted by Crippen LogP contribution is 1.96. The highest BCUT2D eigenvalue weighted by atomic mass is 15.1. The van der Waals surface area contributed by atoms with Crippen LogP contribution in [-0.2, 0) is 0 Å². The topological polar surface area (TPSA) is 49.8 Å². The summed E-state index contributed by atoms with van der Waals surface area (Å²) in [7, 11) is 3.64. The molecule has 0 amide bonds. The van der Waals surface area contributed by atoms with E-state index in [-0.39, 0.29) is 0 Å². The fraction of sp³-hybridized carbons (Fsp3) is 0.333. The summed E-state index contributed by atoms with van der Waals surface area (Å²) in [6, 6.07) is 0. The Bertz CT molecular complexity index is 307. The van der Waals surface area contributed by atoms with E-state index in [1.165, 1.54) is 0 Å². The Kier molecular flexibility index (Phi) is 3.74. The summed E-state index contributed by atoms with van der Waals surface area (Å²) in [6.45, 7) is 0.674. The van der Waals surface area contributed by atoms with Gasteiger partial charge in [-0.25, -0.2) is 9.97 Å². The summed E-state index contributed by atoms with van der Waals surface area (Å²) in [5.41, 5.74) is 0.828. The van der Waals surface area contributed by atoms with E-state index >= 15 is 0 Å². The van der Waals surface area contributed by atoms with Crippen LogP contribution in [0.1, 0.15) is 5.56 Å². The maximum Gasteiger partial charge on any atom is 0.222 e. The second kappa shape index (κ2) is 5.12. The number of anilines is 1. The first-order valence-electron chi connectivity index (χ1n) is 4.00. The lowest BCUT2D eigenvalue weighted by molar-refractivity contribution is 0.938. The van der Waals surface area contributed by atoms with E-state index in [0.29, 0.717) is 12.5 Å². The second-order valence-corrected chi connectivity index (χ2v) is 2.38. The Hall–Kier alpha value is -1.60. The van der Waals surface area contributed by atoms with Gasteiger partial charge in [-0.2, -0.15) is 0 Å². The van der Waals surface area contributed by atoms with Crippen molar-refractivity contribution in [3.05, 3.63) is 18.0 Å². The van der Waals surface area contributed by atoms with Gasteiger partial charge in [0, 0.05) is 19.4 Å². The molecule has 0 bridgehead atoms. The van der Waals surface area contributed by atoms with Crippen molar-refractivity contribution in [2.75, 3.05) is 26.0 Å². The zero-order chi connectivity index (χ0) is 9.52. The van der Waals surface area contributed by atoms with Crippen molar-refractivity contribution in [3.8, 4) is 11.8 Å². The fourth-order valence-corrected chi connectivity index (χ4v) is 0.756.